The average Bonchev–Trinajstić information content (AvgIpc) is 3.03. The van der Waals surface area contributed by atoms with Crippen molar-refractivity contribution in [3.63, 3.8) is 0 Å². The second kappa shape index (κ2) is 10.2. The van der Waals surface area contributed by atoms with Gasteiger partial charge >= 0.3 is 0 Å². The standard InChI is InChI=1S/C25H27ClFN3O3S/c1-29-13-11-19-15-24(25(33-2)16-20(19)12-14-29)30(26)34(31,32)23-9-7-22(8-10-23)28-17-18-3-5-21(27)6-4-18/h3-10,15-16,28H,11-14,17H2,1-2H3. The maximum atomic E-state index is 13.3. The first-order valence-electron chi connectivity index (χ1n) is 11.0. The number of nitrogens with one attached hydrogen (secondary N) is 1. The Morgan fingerprint density at radius 2 is 1.65 bits per heavy atom. The molecule has 1 heterocycles. The summed E-state index contributed by atoms with van der Waals surface area (Å²) in [6, 6.07) is 16.2. The van der Waals surface area contributed by atoms with Crippen LogP contribution in [0.15, 0.2) is 65.6 Å². The maximum absolute atomic E-state index is 13.3. The van der Waals surface area contributed by atoms with Crippen molar-refractivity contribution in [2.24, 2.45) is 0 Å². The SMILES string of the molecule is COc1cc2c(cc1N(Cl)S(=O)(=O)c1ccc(NCc3ccc(F)cc3)cc1)CCN(C)CC2. The van der Waals surface area contributed by atoms with Crippen molar-refractivity contribution in [2.75, 3.05) is 36.4 Å². The normalized spacial score (nSPS) is 14.2. The van der Waals surface area contributed by atoms with Gasteiger partial charge in [0, 0.05) is 37.1 Å². The monoisotopic (exact) mass is 503 g/mol. The van der Waals surface area contributed by atoms with Crippen molar-refractivity contribution >= 4 is 33.2 Å². The summed E-state index contributed by atoms with van der Waals surface area (Å²) in [6.45, 7) is 2.30. The molecule has 0 aliphatic carbocycles. The minimum absolute atomic E-state index is 0.0616. The zero-order valence-electron chi connectivity index (χ0n) is 19.1. The van der Waals surface area contributed by atoms with Crippen LogP contribution in [0.1, 0.15) is 16.7 Å². The van der Waals surface area contributed by atoms with E-state index in [1.165, 1.54) is 31.4 Å². The Bertz CT molecular complexity index is 1250. The summed E-state index contributed by atoms with van der Waals surface area (Å²) < 4.78 is 45.9. The number of benzene rings is 3. The number of ether oxygens (including phenoxy) is 1. The van der Waals surface area contributed by atoms with Gasteiger partial charge in [0.15, 0.2) is 0 Å². The number of rotatable bonds is 7. The molecule has 3 aromatic carbocycles. The van der Waals surface area contributed by atoms with Gasteiger partial charge in [-0.05, 0) is 85.1 Å². The number of nitrogens with zero attached hydrogens (tertiary/aromatic N) is 2. The predicted octanol–water partition coefficient (Wildman–Crippen LogP) is 4.83. The van der Waals surface area contributed by atoms with Crippen LogP contribution < -0.4 is 13.9 Å². The zero-order valence-corrected chi connectivity index (χ0v) is 20.7. The third-order valence-electron chi connectivity index (χ3n) is 5.99. The molecule has 180 valence electrons. The molecule has 1 aliphatic rings. The number of hydrogen-bond acceptors (Lipinski definition) is 5. The molecule has 0 amide bonds. The summed E-state index contributed by atoms with van der Waals surface area (Å²) in [5, 5.41) is 3.19. The second-order valence-electron chi connectivity index (χ2n) is 8.32. The summed E-state index contributed by atoms with van der Waals surface area (Å²) in [6.07, 6.45) is 1.67. The number of fused-ring (bicyclic) bond motifs is 1. The van der Waals surface area contributed by atoms with E-state index < -0.39 is 10.0 Å². The van der Waals surface area contributed by atoms with Crippen LogP contribution in [0.3, 0.4) is 0 Å². The number of methoxy groups -OCH3 is 1. The Morgan fingerprint density at radius 1 is 1.03 bits per heavy atom. The molecule has 0 aromatic heterocycles. The average molecular weight is 504 g/mol. The fourth-order valence-electron chi connectivity index (χ4n) is 3.93. The molecule has 0 spiro atoms. The largest absolute Gasteiger partial charge is 0.494 e. The molecule has 9 heteroatoms. The molecule has 3 aromatic rings. The molecular formula is C25H27ClFN3O3S. The summed E-state index contributed by atoms with van der Waals surface area (Å²) >= 11 is 6.43. The van der Waals surface area contributed by atoms with Gasteiger partial charge in [-0.1, -0.05) is 12.1 Å². The van der Waals surface area contributed by atoms with Crippen LogP contribution in [-0.2, 0) is 29.4 Å². The van der Waals surface area contributed by atoms with Crippen LogP contribution in [0.5, 0.6) is 5.75 Å². The third kappa shape index (κ3) is 5.29. The number of anilines is 2. The highest BCUT2D eigenvalue weighted by molar-refractivity contribution is 7.94. The summed E-state index contributed by atoms with van der Waals surface area (Å²) in [5.74, 6) is 0.127. The van der Waals surface area contributed by atoms with Crippen LogP contribution in [-0.4, -0.2) is 40.6 Å². The molecule has 1 N–H and O–H groups in total. The molecule has 0 radical (unpaired) electrons. The minimum atomic E-state index is -4.02. The first-order chi connectivity index (χ1) is 16.3. The van der Waals surface area contributed by atoms with Gasteiger partial charge in [0.25, 0.3) is 10.0 Å². The van der Waals surface area contributed by atoms with Crippen LogP contribution >= 0.6 is 11.8 Å². The van der Waals surface area contributed by atoms with Crippen LogP contribution in [0.25, 0.3) is 0 Å². The number of sulfonamides is 1. The molecule has 34 heavy (non-hydrogen) atoms. The van der Waals surface area contributed by atoms with Crippen molar-refractivity contribution in [1.82, 2.24) is 4.90 Å². The zero-order chi connectivity index (χ0) is 24.3. The maximum Gasteiger partial charge on any atom is 0.278 e. The molecule has 0 bridgehead atoms. The Hall–Kier alpha value is -2.81. The fraction of sp³-hybridized carbons (Fsp3) is 0.280. The third-order valence-corrected chi connectivity index (χ3v) is 8.20. The fourth-order valence-corrected chi connectivity index (χ4v) is 5.37. The highest BCUT2D eigenvalue weighted by atomic mass is 35.5. The smallest absolute Gasteiger partial charge is 0.278 e. The molecule has 0 unspecified atom stereocenters. The van der Waals surface area contributed by atoms with E-state index in [2.05, 4.69) is 17.3 Å². The van der Waals surface area contributed by atoms with E-state index in [1.807, 2.05) is 12.1 Å². The van der Waals surface area contributed by atoms with Crippen LogP contribution in [0, 0.1) is 5.82 Å². The van der Waals surface area contributed by atoms with Crippen LogP contribution in [0.2, 0.25) is 0 Å². The van der Waals surface area contributed by atoms with Gasteiger partial charge in [-0.25, -0.2) is 4.39 Å². The molecule has 1 aliphatic heterocycles. The van der Waals surface area contributed by atoms with Gasteiger partial charge in [-0.15, -0.1) is 0 Å². The highest BCUT2D eigenvalue weighted by Gasteiger charge is 2.28. The number of hydrogen-bond donors (Lipinski definition) is 1. The number of halogens is 2. The van der Waals surface area contributed by atoms with Gasteiger partial charge in [-0.3, -0.25) is 0 Å². The van der Waals surface area contributed by atoms with Gasteiger partial charge in [0.05, 0.1) is 12.0 Å². The minimum Gasteiger partial charge on any atom is -0.494 e. The van der Waals surface area contributed by atoms with Crippen molar-refractivity contribution in [1.29, 1.82) is 0 Å². The lowest BCUT2D eigenvalue weighted by atomic mass is 10.0. The lowest BCUT2D eigenvalue weighted by Gasteiger charge is -2.21. The molecule has 0 saturated heterocycles. The molecule has 0 fully saturated rings. The summed E-state index contributed by atoms with van der Waals surface area (Å²) in [4.78, 5) is 2.30. The van der Waals surface area contributed by atoms with E-state index in [-0.39, 0.29) is 10.7 Å². The van der Waals surface area contributed by atoms with Gasteiger partial charge < -0.3 is 15.0 Å². The van der Waals surface area contributed by atoms with E-state index in [0.29, 0.717) is 18.0 Å². The molecular weight excluding hydrogens is 477 g/mol. The number of likely N-dealkylation sites (N-methyl/N-ethyl adjacent to an activating group) is 1. The quantitative estimate of drug-likeness (QED) is 0.468. The van der Waals surface area contributed by atoms with Crippen LogP contribution in [0.4, 0.5) is 15.8 Å². The molecule has 4 rings (SSSR count). The Morgan fingerprint density at radius 3 is 2.26 bits per heavy atom. The second-order valence-corrected chi connectivity index (χ2v) is 10.6. The first kappa shape index (κ1) is 24.3. The lowest BCUT2D eigenvalue weighted by molar-refractivity contribution is 0.352. The Labute approximate surface area is 205 Å². The molecule has 0 saturated carbocycles. The molecule has 6 nitrogen and oxygen atoms in total. The first-order valence-corrected chi connectivity index (χ1v) is 12.7. The topological polar surface area (TPSA) is 61.9 Å². The Balaban J connectivity index is 1.54. The highest BCUT2D eigenvalue weighted by Crippen LogP contribution is 2.37. The van der Waals surface area contributed by atoms with E-state index in [1.54, 1.807) is 24.3 Å². The van der Waals surface area contributed by atoms with Gasteiger partial charge in [0.2, 0.25) is 0 Å². The van der Waals surface area contributed by atoms with Crippen molar-refractivity contribution in [3.8, 4) is 5.75 Å². The summed E-state index contributed by atoms with van der Waals surface area (Å²) in [5.41, 5.74) is 4.15. The van der Waals surface area contributed by atoms with Crippen molar-refractivity contribution in [2.45, 2.75) is 24.3 Å². The van der Waals surface area contributed by atoms with E-state index in [4.69, 9.17) is 16.5 Å². The molecule has 0 atom stereocenters. The van der Waals surface area contributed by atoms with E-state index >= 15 is 0 Å². The van der Waals surface area contributed by atoms with Crippen molar-refractivity contribution < 1.29 is 17.5 Å². The lowest BCUT2D eigenvalue weighted by Crippen LogP contribution is -2.22. The van der Waals surface area contributed by atoms with E-state index in [9.17, 15) is 12.8 Å². The van der Waals surface area contributed by atoms with E-state index in [0.717, 1.165) is 52.1 Å². The van der Waals surface area contributed by atoms with Gasteiger partial charge in [-0.2, -0.15) is 12.2 Å². The van der Waals surface area contributed by atoms with Crippen molar-refractivity contribution in [3.05, 3.63) is 83.2 Å². The summed E-state index contributed by atoms with van der Waals surface area (Å²) in [7, 11) is -0.444. The Kier molecular flexibility index (Phi) is 7.30. The van der Waals surface area contributed by atoms with Gasteiger partial charge in [0.1, 0.15) is 17.3 Å². The predicted molar refractivity (Wildman–Crippen MR) is 134 cm³/mol.